The minimum atomic E-state index is -0.543. The summed E-state index contributed by atoms with van der Waals surface area (Å²) in [6.07, 6.45) is 12.8. The van der Waals surface area contributed by atoms with Crippen LogP contribution in [0.2, 0.25) is 0 Å². The topological polar surface area (TPSA) is 35.1 Å². The predicted molar refractivity (Wildman–Crippen MR) is 90.7 cm³/mol. The van der Waals surface area contributed by atoms with Crippen LogP contribution in [0.3, 0.4) is 0 Å². The van der Waals surface area contributed by atoms with Crippen LogP contribution in [0.15, 0.2) is 0 Å². The third-order valence-electron chi connectivity index (χ3n) is 4.60. The van der Waals surface area contributed by atoms with Gasteiger partial charge in [0.25, 0.3) is 0 Å². The molecule has 2 nitrogen and oxygen atoms in total. The van der Waals surface area contributed by atoms with Gasteiger partial charge in [-0.1, -0.05) is 63.5 Å². The fourth-order valence-electron chi connectivity index (χ4n) is 3.21. The van der Waals surface area contributed by atoms with Crippen molar-refractivity contribution in [3.8, 4) is 0 Å². The smallest absolute Gasteiger partial charge is 0.107 e. The number of hydrogen-bond donors (Lipinski definition) is 1. The molecule has 0 saturated carbocycles. The average molecular weight is 302 g/mol. The number of hydrogen-bond acceptors (Lipinski definition) is 2. The number of nitrogens with one attached hydrogen (secondary N) is 1. The highest BCUT2D eigenvalue weighted by molar-refractivity contribution is 7.91. The van der Waals surface area contributed by atoms with Crippen LogP contribution in [0.1, 0.15) is 85.0 Å². The van der Waals surface area contributed by atoms with E-state index in [2.05, 4.69) is 26.1 Å². The third kappa shape index (κ3) is 7.33. The second-order valence-corrected chi connectivity index (χ2v) is 8.44. The molecule has 1 aliphatic rings. The van der Waals surface area contributed by atoms with Gasteiger partial charge in [0.15, 0.2) is 0 Å². The van der Waals surface area contributed by atoms with Crippen molar-refractivity contribution in [2.45, 2.75) is 96.6 Å². The van der Waals surface area contributed by atoms with Crippen molar-refractivity contribution in [1.82, 2.24) is 5.32 Å². The van der Waals surface area contributed by atoms with E-state index in [0.717, 1.165) is 24.3 Å². The molecule has 1 rings (SSSR count). The summed E-state index contributed by atoms with van der Waals surface area (Å²) in [6.45, 7) is 6.97. The van der Waals surface area contributed by atoms with E-state index in [-0.39, 0.29) is 0 Å². The van der Waals surface area contributed by atoms with Crippen molar-refractivity contribution in [2.24, 2.45) is 0 Å². The fraction of sp³-hybridized carbons (Fsp3) is 1.00. The van der Waals surface area contributed by atoms with Gasteiger partial charge in [0.1, 0.15) is 11.5 Å². The summed E-state index contributed by atoms with van der Waals surface area (Å²) in [5.41, 5.74) is 0.299. The summed E-state index contributed by atoms with van der Waals surface area (Å²) in [5, 5.41) is 3.93. The minimum Gasteiger partial charge on any atom is -0.616 e. The van der Waals surface area contributed by atoms with Crippen LogP contribution in [0, 0.1) is 0 Å². The molecule has 3 heteroatoms. The van der Waals surface area contributed by atoms with E-state index in [0.29, 0.717) is 11.6 Å². The van der Waals surface area contributed by atoms with Crippen LogP contribution >= 0.6 is 0 Å². The highest BCUT2D eigenvalue weighted by Crippen LogP contribution is 2.25. The highest BCUT2D eigenvalue weighted by Gasteiger charge is 2.29. The van der Waals surface area contributed by atoms with Crippen molar-refractivity contribution in [3.63, 3.8) is 0 Å². The minimum absolute atomic E-state index is 0.299. The van der Waals surface area contributed by atoms with Gasteiger partial charge in [0.05, 0.1) is 0 Å². The molecular formula is C17H35NOS. The summed E-state index contributed by atoms with van der Waals surface area (Å²) in [7, 11) is 0. The van der Waals surface area contributed by atoms with Crippen molar-refractivity contribution in [3.05, 3.63) is 0 Å². The van der Waals surface area contributed by atoms with Crippen LogP contribution in [0.4, 0.5) is 0 Å². The molecule has 0 amide bonds. The van der Waals surface area contributed by atoms with Gasteiger partial charge in [-0.2, -0.15) is 0 Å². The quantitative estimate of drug-likeness (QED) is 0.479. The zero-order chi connectivity index (χ0) is 14.8. The normalized spacial score (nSPS) is 26.4. The monoisotopic (exact) mass is 301 g/mol. The Bertz CT molecular complexity index is 241. The van der Waals surface area contributed by atoms with E-state index in [1.807, 2.05) is 0 Å². The van der Waals surface area contributed by atoms with E-state index < -0.39 is 11.2 Å². The Morgan fingerprint density at radius 2 is 1.60 bits per heavy atom. The molecule has 1 fully saturated rings. The molecule has 1 heterocycles. The number of rotatable bonds is 10. The van der Waals surface area contributed by atoms with Gasteiger partial charge in [-0.15, -0.1) is 0 Å². The Morgan fingerprint density at radius 1 is 1.00 bits per heavy atom. The van der Waals surface area contributed by atoms with Crippen molar-refractivity contribution in [2.75, 3.05) is 11.5 Å². The van der Waals surface area contributed by atoms with Crippen molar-refractivity contribution in [1.29, 1.82) is 0 Å². The fourth-order valence-corrected chi connectivity index (χ4v) is 4.51. The van der Waals surface area contributed by atoms with Gasteiger partial charge in [0.2, 0.25) is 0 Å². The molecule has 0 bridgehead atoms. The van der Waals surface area contributed by atoms with Gasteiger partial charge in [0, 0.05) is 24.4 Å². The van der Waals surface area contributed by atoms with Gasteiger partial charge < -0.3 is 9.87 Å². The van der Waals surface area contributed by atoms with Crippen LogP contribution in [-0.2, 0) is 11.2 Å². The zero-order valence-corrected chi connectivity index (χ0v) is 14.7. The van der Waals surface area contributed by atoms with Gasteiger partial charge in [-0.25, -0.2) is 0 Å². The molecule has 1 N–H and O–H groups in total. The molecule has 20 heavy (non-hydrogen) atoms. The largest absolute Gasteiger partial charge is 0.616 e. The molecular weight excluding hydrogens is 266 g/mol. The van der Waals surface area contributed by atoms with Gasteiger partial charge in [-0.3, -0.25) is 0 Å². The SMILES string of the molecule is CCCCCCC(C)(CCCC)NC1CC[S+]([O-])CC1. The first kappa shape index (κ1) is 18.3. The lowest BCUT2D eigenvalue weighted by molar-refractivity contribution is 0.248. The molecule has 1 atom stereocenters. The highest BCUT2D eigenvalue weighted by atomic mass is 32.2. The van der Waals surface area contributed by atoms with E-state index >= 15 is 0 Å². The van der Waals surface area contributed by atoms with Crippen molar-refractivity contribution < 1.29 is 4.55 Å². The van der Waals surface area contributed by atoms with Crippen molar-refractivity contribution >= 4 is 11.2 Å². The third-order valence-corrected chi connectivity index (χ3v) is 5.99. The molecule has 0 aliphatic carbocycles. The Labute approximate surface area is 129 Å². The molecule has 0 aromatic rings. The first-order valence-electron chi connectivity index (χ1n) is 8.72. The van der Waals surface area contributed by atoms with Gasteiger partial charge in [-0.05, 0) is 19.8 Å². The first-order valence-corrected chi connectivity index (χ1v) is 10.2. The Kier molecular flexibility index (Phi) is 9.23. The predicted octanol–water partition coefficient (Wildman–Crippen LogP) is 4.41. The molecule has 0 spiro atoms. The van der Waals surface area contributed by atoms with E-state index in [1.54, 1.807) is 0 Å². The summed E-state index contributed by atoms with van der Waals surface area (Å²) in [4.78, 5) is 0. The second kappa shape index (κ2) is 10.1. The Hall–Kier alpha value is 0.270. The molecule has 120 valence electrons. The van der Waals surface area contributed by atoms with Gasteiger partial charge >= 0.3 is 0 Å². The summed E-state index contributed by atoms with van der Waals surface area (Å²) < 4.78 is 11.5. The molecule has 1 saturated heterocycles. The average Bonchev–Trinajstić information content (AvgIpc) is 2.44. The molecule has 1 unspecified atom stereocenters. The van der Waals surface area contributed by atoms with E-state index in [4.69, 9.17) is 0 Å². The Balaban J connectivity index is 2.40. The van der Waals surface area contributed by atoms with Crippen LogP contribution in [0.25, 0.3) is 0 Å². The van der Waals surface area contributed by atoms with E-state index in [1.165, 1.54) is 51.4 Å². The molecule has 0 radical (unpaired) electrons. The van der Waals surface area contributed by atoms with Crippen LogP contribution < -0.4 is 5.32 Å². The second-order valence-electron chi connectivity index (χ2n) is 6.74. The lowest BCUT2D eigenvalue weighted by Crippen LogP contribution is -2.50. The lowest BCUT2D eigenvalue weighted by atomic mass is 9.87. The summed E-state index contributed by atoms with van der Waals surface area (Å²) in [6, 6.07) is 0.598. The van der Waals surface area contributed by atoms with Crippen LogP contribution in [-0.4, -0.2) is 27.6 Å². The molecule has 0 aromatic heterocycles. The van der Waals surface area contributed by atoms with E-state index in [9.17, 15) is 4.55 Å². The first-order chi connectivity index (χ1) is 9.59. The van der Waals surface area contributed by atoms with Crippen LogP contribution in [0.5, 0.6) is 0 Å². The zero-order valence-electron chi connectivity index (χ0n) is 13.9. The number of unbranched alkanes of at least 4 members (excludes halogenated alkanes) is 4. The molecule has 0 aromatic carbocycles. The summed E-state index contributed by atoms with van der Waals surface area (Å²) >= 11 is -0.543. The Morgan fingerprint density at radius 3 is 2.20 bits per heavy atom. The standard InChI is InChI=1S/C17H35NOS/c1-4-6-8-9-13-17(3,12-7-5-2)18-16-10-14-20(19)15-11-16/h16,18H,4-15H2,1-3H3. The summed E-state index contributed by atoms with van der Waals surface area (Å²) in [5.74, 6) is 1.80. The maximum absolute atomic E-state index is 11.5. The lowest BCUT2D eigenvalue weighted by Gasteiger charge is -2.37. The maximum Gasteiger partial charge on any atom is 0.107 e. The maximum atomic E-state index is 11.5. The molecule has 1 aliphatic heterocycles.